The Morgan fingerprint density at radius 3 is 2.68 bits per heavy atom. The van der Waals surface area contributed by atoms with Crippen LogP contribution in [0.5, 0.6) is 0 Å². The maximum atomic E-state index is 10.0. The summed E-state index contributed by atoms with van der Waals surface area (Å²) in [5.74, 6) is 1.24. The van der Waals surface area contributed by atoms with Gasteiger partial charge in [0.2, 0.25) is 0 Å². The summed E-state index contributed by atoms with van der Waals surface area (Å²) in [6.45, 7) is 8.23. The van der Waals surface area contributed by atoms with Gasteiger partial charge in [-0.15, -0.1) is 11.3 Å². The summed E-state index contributed by atoms with van der Waals surface area (Å²) >= 11 is 7.25. The van der Waals surface area contributed by atoms with Crippen LogP contribution in [0.2, 0.25) is 4.34 Å². The average Bonchev–Trinajstić information content (AvgIpc) is 2.79. The quantitative estimate of drug-likeness (QED) is 0.559. The number of aliphatic hydroxyl groups excluding tert-OH is 1. The summed E-state index contributed by atoms with van der Waals surface area (Å²) in [7, 11) is 0. The maximum absolute atomic E-state index is 10.0. The van der Waals surface area contributed by atoms with Crippen molar-refractivity contribution in [2.24, 2.45) is 10.9 Å². The lowest BCUT2D eigenvalue weighted by atomic mass is 10.2. The van der Waals surface area contributed by atoms with Gasteiger partial charge in [-0.3, -0.25) is 4.99 Å². The molecule has 19 heavy (non-hydrogen) atoms. The van der Waals surface area contributed by atoms with E-state index in [0.717, 1.165) is 23.9 Å². The van der Waals surface area contributed by atoms with Gasteiger partial charge in [-0.25, -0.2) is 0 Å². The third-order valence-corrected chi connectivity index (χ3v) is 3.68. The fraction of sp³-hybridized carbons (Fsp3) is 0.615. The van der Waals surface area contributed by atoms with Gasteiger partial charge in [0.1, 0.15) is 6.10 Å². The molecule has 0 aliphatic heterocycles. The predicted molar refractivity (Wildman–Crippen MR) is 83.1 cm³/mol. The number of thiophene rings is 1. The third kappa shape index (κ3) is 6.27. The summed E-state index contributed by atoms with van der Waals surface area (Å²) in [5.41, 5.74) is 0. The van der Waals surface area contributed by atoms with Crippen molar-refractivity contribution in [3.63, 3.8) is 0 Å². The van der Waals surface area contributed by atoms with Crippen LogP contribution in [-0.4, -0.2) is 30.7 Å². The zero-order valence-corrected chi connectivity index (χ0v) is 13.2. The van der Waals surface area contributed by atoms with Gasteiger partial charge < -0.3 is 15.7 Å². The Morgan fingerprint density at radius 1 is 1.42 bits per heavy atom. The van der Waals surface area contributed by atoms with E-state index in [1.165, 1.54) is 11.3 Å². The van der Waals surface area contributed by atoms with Crippen molar-refractivity contribution in [3.05, 3.63) is 21.3 Å². The fourth-order valence-electron chi connectivity index (χ4n) is 1.42. The first-order valence-electron chi connectivity index (χ1n) is 6.48. The molecular weight excluding hydrogens is 282 g/mol. The number of hydrogen-bond acceptors (Lipinski definition) is 3. The lowest BCUT2D eigenvalue weighted by Gasteiger charge is -2.14. The number of aliphatic hydroxyl groups is 1. The van der Waals surface area contributed by atoms with Crippen LogP contribution in [0.4, 0.5) is 0 Å². The van der Waals surface area contributed by atoms with E-state index in [-0.39, 0.29) is 0 Å². The highest BCUT2D eigenvalue weighted by Gasteiger charge is 2.10. The predicted octanol–water partition coefficient (Wildman–Crippen LogP) is 2.65. The second-order valence-electron chi connectivity index (χ2n) is 4.65. The molecule has 0 saturated carbocycles. The largest absolute Gasteiger partial charge is 0.386 e. The van der Waals surface area contributed by atoms with Crippen molar-refractivity contribution >= 4 is 28.9 Å². The van der Waals surface area contributed by atoms with Crippen LogP contribution in [0, 0.1) is 5.92 Å². The fourth-order valence-corrected chi connectivity index (χ4v) is 2.46. The Kier molecular flexibility index (Phi) is 7.20. The topological polar surface area (TPSA) is 56.7 Å². The molecule has 0 spiro atoms. The second-order valence-corrected chi connectivity index (χ2v) is 6.40. The van der Waals surface area contributed by atoms with E-state index in [4.69, 9.17) is 11.6 Å². The normalized spacial score (nSPS) is 13.7. The number of halogens is 1. The Balaban J connectivity index is 2.49. The number of nitrogens with zero attached hydrogens (tertiary/aromatic N) is 1. The highest BCUT2D eigenvalue weighted by molar-refractivity contribution is 7.16. The van der Waals surface area contributed by atoms with Crippen LogP contribution in [-0.2, 0) is 0 Å². The summed E-state index contributed by atoms with van der Waals surface area (Å²) in [5, 5.41) is 16.3. The molecular formula is C13H22ClN3OS. The smallest absolute Gasteiger partial charge is 0.191 e. The molecule has 1 heterocycles. The first-order chi connectivity index (χ1) is 9.02. The Labute approximate surface area is 123 Å². The second kappa shape index (κ2) is 8.40. The molecule has 0 aliphatic carbocycles. The molecule has 0 bridgehead atoms. The van der Waals surface area contributed by atoms with Crippen LogP contribution in [0.1, 0.15) is 31.8 Å². The summed E-state index contributed by atoms with van der Waals surface area (Å²) in [6, 6.07) is 3.64. The minimum atomic E-state index is -0.569. The maximum Gasteiger partial charge on any atom is 0.191 e. The Hall–Kier alpha value is -0.780. The van der Waals surface area contributed by atoms with Crippen molar-refractivity contribution in [2.45, 2.75) is 26.9 Å². The number of aliphatic imine (C=N–C) groups is 1. The van der Waals surface area contributed by atoms with Crippen molar-refractivity contribution in [1.29, 1.82) is 0 Å². The average molecular weight is 304 g/mol. The van der Waals surface area contributed by atoms with E-state index in [1.807, 2.05) is 13.0 Å². The van der Waals surface area contributed by atoms with Crippen molar-refractivity contribution < 1.29 is 5.11 Å². The molecule has 1 atom stereocenters. The van der Waals surface area contributed by atoms with Crippen molar-refractivity contribution in [3.8, 4) is 0 Å². The molecule has 0 amide bonds. The molecule has 1 aromatic rings. The third-order valence-electron chi connectivity index (χ3n) is 2.34. The highest BCUT2D eigenvalue weighted by atomic mass is 35.5. The van der Waals surface area contributed by atoms with Crippen molar-refractivity contribution in [1.82, 2.24) is 10.6 Å². The van der Waals surface area contributed by atoms with Gasteiger partial charge in [0.05, 0.1) is 4.34 Å². The van der Waals surface area contributed by atoms with E-state index in [1.54, 1.807) is 6.07 Å². The molecule has 1 unspecified atom stereocenters. The number of rotatable bonds is 6. The van der Waals surface area contributed by atoms with E-state index in [2.05, 4.69) is 29.5 Å². The van der Waals surface area contributed by atoms with E-state index in [0.29, 0.717) is 16.8 Å². The Bertz CT molecular complexity index is 406. The highest BCUT2D eigenvalue weighted by Crippen LogP contribution is 2.26. The van der Waals surface area contributed by atoms with Gasteiger partial charge in [-0.1, -0.05) is 25.4 Å². The monoisotopic (exact) mass is 303 g/mol. The minimum Gasteiger partial charge on any atom is -0.386 e. The molecule has 0 radical (unpaired) electrons. The Morgan fingerprint density at radius 2 is 2.16 bits per heavy atom. The van der Waals surface area contributed by atoms with E-state index >= 15 is 0 Å². The molecule has 6 heteroatoms. The minimum absolute atomic E-state index is 0.417. The van der Waals surface area contributed by atoms with Gasteiger partial charge in [-0.2, -0.15) is 0 Å². The molecule has 0 saturated heterocycles. The number of nitrogens with one attached hydrogen (secondary N) is 2. The summed E-state index contributed by atoms with van der Waals surface area (Å²) < 4.78 is 0.689. The first kappa shape index (κ1) is 16.3. The SMILES string of the molecule is CCNC(=NCC(C)C)NCC(O)c1ccc(Cl)s1. The van der Waals surface area contributed by atoms with Gasteiger partial charge in [0, 0.05) is 24.5 Å². The van der Waals surface area contributed by atoms with Gasteiger partial charge >= 0.3 is 0 Å². The molecule has 108 valence electrons. The van der Waals surface area contributed by atoms with E-state index < -0.39 is 6.10 Å². The van der Waals surface area contributed by atoms with Gasteiger partial charge in [0.15, 0.2) is 5.96 Å². The number of hydrogen-bond donors (Lipinski definition) is 3. The summed E-state index contributed by atoms with van der Waals surface area (Å²) in [4.78, 5) is 5.30. The molecule has 3 N–H and O–H groups in total. The zero-order valence-electron chi connectivity index (χ0n) is 11.6. The summed E-state index contributed by atoms with van der Waals surface area (Å²) in [6.07, 6.45) is -0.569. The molecule has 0 aliphatic rings. The first-order valence-corrected chi connectivity index (χ1v) is 7.67. The zero-order chi connectivity index (χ0) is 14.3. The van der Waals surface area contributed by atoms with E-state index in [9.17, 15) is 5.11 Å². The van der Waals surface area contributed by atoms with Crippen LogP contribution in [0.3, 0.4) is 0 Å². The van der Waals surface area contributed by atoms with Crippen molar-refractivity contribution in [2.75, 3.05) is 19.6 Å². The molecule has 1 rings (SSSR count). The lowest BCUT2D eigenvalue weighted by Crippen LogP contribution is -2.39. The van der Waals surface area contributed by atoms with Crippen LogP contribution in [0.15, 0.2) is 17.1 Å². The van der Waals surface area contributed by atoms with Crippen LogP contribution >= 0.6 is 22.9 Å². The number of guanidine groups is 1. The van der Waals surface area contributed by atoms with Crippen LogP contribution in [0.25, 0.3) is 0 Å². The molecule has 0 aromatic carbocycles. The molecule has 4 nitrogen and oxygen atoms in total. The van der Waals surface area contributed by atoms with Gasteiger partial charge in [0.25, 0.3) is 0 Å². The standard InChI is InChI=1S/C13H22ClN3OS/c1-4-15-13(16-7-9(2)3)17-8-10(18)11-5-6-12(14)19-11/h5-6,9-10,18H,4,7-8H2,1-3H3,(H2,15,16,17). The van der Waals surface area contributed by atoms with Gasteiger partial charge in [-0.05, 0) is 25.0 Å². The van der Waals surface area contributed by atoms with Crippen LogP contribution < -0.4 is 10.6 Å². The lowest BCUT2D eigenvalue weighted by molar-refractivity contribution is 0.184. The molecule has 0 fully saturated rings. The molecule has 1 aromatic heterocycles.